The normalized spacial score (nSPS) is 15.6. The molecule has 0 saturated carbocycles. The zero-order valence-corrected chi connectivity index (χ0v) is 16.4. The molecule has 2 aromatic rings. The van der Waals surface area contributed by atoms with E-state index in [9.17, 15) is 14.4 Å². The maximum atomic E-state index is 13.4. The predicted molar refractivity (Wildman–Crippen MR) is 105 cm³/mol. The molecular weight excluding hydrogens is 358 g/mol. The summed E-state index contributed by atoms with van der Waals surface area (Å²) < 4.78 is 10.3. The molecule has 6 heteroatoms. The summed E-state index contributed by atoms with van der Waals surface area (Å²) in [6.07, 6.45) is 1.75. The Balaban J connectivity index is 2.04. The van der Waals surface area contributed by atoms with Crippen molar-refractivity contribution in [3.63, 3.8) is 0 Å². The third-order valence-corrected chi connectivity index (χ3v) is 4.68. The van der Waals surface area contributed by atoms with Crippen LogP contribution >= 0.6 is 0 Å². The molecule has 1 aliphatic heterocycles. The molecule has 0 radical (unpaired) electrons. The number of hydrogen-bond acceptors (Lipinski definition) is 5. The van der Waals surface area contributed by atoms with E-state index in [1.54, 1.807) is 4.90 Å². The molecule has 3 rings (SSSR count). The first-order valence-corrected chi connectivity index (χ1v) is 9.20. The van der Waals surface area contributed by atoms with Crippen LogP contribution in [0.2, 0.25) is 0 Å². The Morgan fingerprint density at radius 3 is 2.39 bits per heavy atom. The second-order valence-electron chi connectivity index (χ2n) is 7.04. The summed E-state index contributed by atoms with van der Waals surface area (Å²) in [5.41, 5.74) is 3.38. The Morgan fingerprint density at radius 1 is 1.00 bits per heavy atom. The number of carbonyl (C=O) groups excluding carboxylic acids is 3. The Morgan fingerprint density at radius 2 is 1.71 bits per heavy atom. The third kappa shape index (κ3) is 4.06. The molecule has 0 N–H and O–H groups in total. The van der Waals surface area contributed by atoms with E-state index in [0.717, 1.165) is 29.7 Å². The van der Waals surface area contributed by atoms with Gasteiger partial charge < -0.3 is 14.4 Å². The van der Waals surface area contributed by atoms with Crippen molar-refractivity contribution in [3.05, 3.63) is 53.1 Å². The first-order chi connectivity index (χ1) is 13.3. The predicted octanol–water partition coefficient (Wildman–Crippen LogP) is 3.83. The molecule has 146 valence electrons. The van der Waals surface area contributed by atoms with E-state index < -0.39 is 11.9 Å². The molecule has 28 heavy (non-hydrogen) atoms. The molecule has 6 nitrogen and oxygen atoms in total. The summed E-state index contributed by atoms with van der Waals surface area (Å²) in [7, 11) is 0. The van der Waals surface area contributed by atoms with E-state index in [-0.39, 0.29) is 29.0 Å². The average molecular weight is 381 g/mol. The molecular formula is C22H23NO5. The van der Waals surface area contributed by atoms with Gasteiger partial charge in [0, 0.05) is 31.6 Å². The van der Waals surface area contributed by atoms with Crippen molar-refractivity contribution in [2.75, 3.05) is 4.90 Å². The van der Waals surface area contributed by atoms with Gasteiger partial charge >= 0.3 is 11.9 Å². The second-order valence-corrected chi connectivity index (χ2v) is 7.04. The van der Waals surface area contributed by atoms with E-state index in [0.29, 0.717) is 0 Å². The lowest BCUT2D eigenvalue weighted by Gasteiger charge is -2.35. The summed E-state index contributed by atoms with van der Waals surface area (Å²) in [6, 6.07) is 10.5. The molecule has 2 aromatic carbocycles. The van der Waals surface area contributed by atoms with Crippen LogP contribution < -0.4 is 14.4 Å². The first-order valence-electron chi connectivity index (χ1n) is 9.20. The minimum Gasteiger partial charge on any atom is -0.427 e. The maximum Gasteiger partial charge on any atom is 0.308 e. The van der Waals surface area contributed by atoms with Crippen LogP contribution in [0.3, 0.4) is 0 Å². The maximum absolute atomic E-state index is 13.4. The summed E-state index contributed by atoms with van der Waals surface area (Å²) >= 11 is 0. The van der Waals surface area contributed by atoms with Gasteiger partial charge in [-0.3, -0.25) is 14.4 Å². The number of anilines is 1. The van der Waals surface area contributed by atoms with E-state index in [4.69, 9.17) is 9.47 Å². The topological polar surface area (TPSA) is 72.9 Å². The zero-order valence-electron chi connectivity index (χ0n) is 16.4. The van der Waals surface area contributed by atoms with Gasteiger partial charge in [-0.1, -0.05) is 17.7 Å². The number of carbonyl (C=O) groups is 3. The summed E-state index contributed by atoms with van der Waals surface area (Å²) in [5.74, 6) is -1.04. The van der Waals surface area contributed by atoms with Crippen LogP contribution in [0, 0.1) is 6.92 Å². The van der Waals surface area contributed by atoms with Gasteiger partial charge in [-0.2, -0.15) is 0 Å². The SMILES string of the molecule is CC(=O)Oc1ccc(C(=O)N2c3ccc(C)cc3CCC2C)c(OC(C)=O)c1. The monoisotopic (exact) mass is 381 g/mol. The van der Waals surface area contributed by atoms with Crippen molar-refractivity contribution in [1.82, 2.24) is 0 Å². The van der Waals surface area contributed by atoms with Crippen molar-refractivity contribution in [2.45, 2.75) is 46.6 Å². The molecule has 1 aliphatic rings. The summed E-state index contributed by atoms with van der Waals surface area (Å²) in [5, 5.41) is 0. The summed E-state index contributed by atoms with van der Waals surface area (Å²) in [6.45, 7) is 6.56. The lowest BCUT2D eigenvalue weighted by Crippen LogP contribution is -2.42. The van der Waals surface area contributed by atoms with Crippen molar-refractivity contribution in [2.24, 2.45) is 0 Å². The first kappa shape index (κ1) is 19.6. The molecule has 0 fully saturated rings. The highest BCUT2D eigenvalue weighted by Crippen LogP contribution is 2.35. The third-order valence-electron chi connectivity index (χ3n) is 4.68. The number of fused-ring (bicyclic) bond motifs is 1. The van der Waals surface area contributed by atoms with Crippen LogP contribution in [0.15, 0.2) is 36.4 Å². The largest absolute Gasteiger partial charge is 0.427 e. The van der Waals surface area contributed by atoms with Gasteiger partial charge in [0.15, 0.2) is 0 Å². The Bertz CT molecular complexity index is 950. The fraction of sp³-hybridized carbons (Fsp3) is 0.318. The van der Waals surface area contributed by atoms with Crippen molar-refractivity contribution in [1.29, 1.82) is 0 Å². The molecule has 0 bridgehead atoms. The molecule has 1 atom stereocenters. The van der Waals surface area contributed by atoms with E-state index >= 15 is 0 Å². The fourth-order valence-corrected chi connectivity index (χ4v) is 3.47. The number of benzene rings is 2. The van der Waals surface area contributed by atoms with Gasteiger partial charge in [0.25, 0.3) is 5.91 Å². The minimum atomic E-state index is -0.559. The van der Waals surface area contributed by atoms with Gasteiger partial charge in [0.05, 0.1) is 5.56 Å². The van der Waals surface area contributed by atoms with E-state index in [2.05, 4.69) is 6.07 Å². The number of rotatable bonds is 3. The number of esters is 2. The fourth-order valence-electron chi connectivity index (χ4n) is 3.47. The van der Waals surface area contributed by atoms with Gasteiger partial charge in [-0.15, -0.1) is 0 Å². The lowest BCUT2D eigenvalue weighted by atomic mass is 9.94. The highest BCUT2D eigenvalue weighted by Gasteiger charge is 2.31. The lowest BCUT2D eigenvalue weighted by molar-refractivity contribution is -0.132. The van der Waals surface area contributed by atoms with Crippen LogP contribution in [-0.2, 0) is 16.0 Å². The van der Waals surface area contributed by atoms with Crippen LogP contribution in [-0.4, -0.2) is 23.9 Å². The minimum absolute atomic E-state index is 0.000954. The van der Waals surface area contributed by atoms with Crippen molar-refractivity contribution < 1.29 is 23.9 Å². The van der Waals surface area contributed by atoms with Gasteiger partial charge in [-0.25, -0.2) is 0 Å². The van der Waals surface area contributed by atoms with Crippen LogP contribution in [0.5, 0.6) is 11.5 Å². The smallest absolute Gasteiger partial charge is 0.308 e. The highest BCUT2D eigenvalue weighted by molar-refractivity contribution is 6.09. The van der Waals surface area contributed by atoms with Crippen LogP contribution in [0.4, 0.5) is 5.69 Å². The number of amides is 1. The van der Waals surface area contributed by atoms with Gasteiger partial charge in [-0.05, 0) is 50.5 Å². The average Bonchev–Trinajstić information content (AvgIpc) is 2.60. The van der Waals surface area contributed by atoms with Crippen LogP contribution in [0.1, 0.15) is 48.7 Å². The number of ether oxygens (including phenoxy) is 2. The molecule has 0 aliphatic carbocycles. The van der Waals surface area contributed by atoms with Gasteiger partial charge in [0.2, 0.25) is 0 Å². The second kappa shape index (κ2) is 7.84. The Labute approximate surface area is 164 Å². The highest BCUT2D eigenvalue weighted by atomic mass is 16.5. The Hall–Kier alpha value is -3.15. The molecule has 0 spiro atoms. The summed E-state index contributed by atoms with van der Waals surface area (Å²) in [4.78, 5) is 37.9. The van der Waals surface area contributed by atoms with E-state index in [1.165, 1.54) is 32.0 Å². The molecule has 0 saturated heterocycles. The molecule has 1 unspecified atom stereocenters. The number of aryl methyl sites for hydroxylation is 2. The quantitative estimate of drug-likeness (QED) is 0.597. The molecule has 1 amide bonds. The number of nitrogens with zero attached hydrogens (tertiary/aromatic N) is 1. The van der Waals surface area contributed by atoms with Crippen molar-refractivity contribution >= 4 is 23.5 Å². The van der Waals surface area contributed by atoms with E-state index in [1.807, 2.05) is 26.0 Å². The van der Waals surface area contributed by atoms with Gasteiger partial charge in [0.1, 0.15) is 11.5 Å². The molecule has 1 heterocycles. The standard InChI is InChI=1S/C22H23NO5/c1-13-5-10-20-17(11-13)7-6-14(2)23(20)22(26)19-9-8-18(27-15(3)24)12-21(19)28-16(4)25/h5,8-12,14H,6-7H2,1-4H3. The van der Waals surface area contributed by atoms with Crippen molar-refractivity contribution in [3.8, 4) is 11.5 Å². The Kier molecular flexibility index (Phi) is 5.49. The van der Waals surface area contributed by atoms with Crippen LogP contribution in [0.25, 0.3) is 0 Å². The number of hydrogen-bond donors (Lipinski definition) is 0. The zero-order chi connectivity index (χ0) is 20.4. The molecule has 0 aromatic heterocycles.